The van der Waals surface area contributed by atoms with Crippen LogP contribution in [-0.4, -0.2) is 28.9 Å². The molecule has 1 aliphatic heterocycles. The first kappa shape index (κ1) is 15.6. The fourth-order valence-corrected chi connectivity index (χ4v) is 3.52. The maximum Gasteiger partial charge on any atom is 0.294 e. The molecule has 0 saturated carbocycles. The van der Waals surface area contributed by atoms with Crippen LogP contribution in [0.1, 0.15) is 23.2 Å². The van der Waals surface area contributed by atoms with Gasteiger partial charge in [0, 0.05) is 12.6 Å². The van der Waals surface area contributed by atoms with E-state index >= 15 is 0 Å². The minimum absolute atomic E-state index is 0.0409. The number of nitro groups is 1. The Balaban J connectivity index is 2.07. The van der Waals surface area contributed by atoms with Gasteiger partial charge in [0.2, 0.25) is 0 Å². The van der Waals surface area contributed by atoms with E-state index in [2.05, 4.69) is 10.7 Å². The molecule has 1 fully saturated rings. The van der Waals surface area contributed by atoms with E-state index in [-0.39, 0.29) is 22.8 Å². The summed E-state index contributed by atoms with van der Waals surface area (Å²) >= 11 is 1.93. The zero-order chi connectivity index (χ0) is 15.2. The Kier molecular flexibility index (Phi) is 5.40. The van der Waals surface area contributed by atoms with Gasteiger partial charge in [-0.25, -0.2) is 0 Å². The molecule has 114 valence electrons. The van der Waals surface area contributed by atoms with Gasteiger partial charge in [0.25, 0.3) is 11.6 Å². The summed E-state index contributed by atoms with van der Waals surface area (Å²) in [7, 11) is 0. The fraction of sp³-hybridized carbons (Fsp3) is 0.462. The van der Waals surface area contributed by atoms with Crippen LogP contribution in [0, 0.1) is 16.0 Å². The Morgan fingerprint density at radius 1 is 1.43 bits per heavy atom. The highest BCUT2D eigenvalue weighted by Crippen LogP contribution is 2.27. The van der Waals surface area contributed by atoms with E-state index < -0.39 is 4.92 Å². The summed E-state index contributed by atoms with van der Waals surface area (Å²) in [5, 5.41) is 13.8. The van der Waals surface area contributed by atoms with Crippen molar-refractivity contribution in [2.75, 3.05) is 23.5 Å². The number of amides is 1. The van der Waals surface area contributed by atoms with Crippen molar-refractivity contribution in [3.8, 4) is 0 Å². The predicted octanol–water partition coefficient (Wildman–Crippen LogP) is 1.75. The summed E-state index contributed by atoms with van der Waals surface area (Å²) in [6, 6.07) is 4.31. The molecule has 0 aromatic heterocycles. The first-order chi connectivity index (χ1) is 10.1. The monoisotopic (exact) mass is 310 g/mol. The van der Waals surface area contributed by atoms with E-state index in [9.17, 15) is 14.9 Å². The highest BCUT2D eigenvalue weighted by Gasteiger charge is 2.22. The minimum Gasteiger partial charge on any atom is -0.352 e. The van der Waals surface area contributed by atoms with Crippen LogP contribution in [-0.2, 0) is 0 Å². The zero-order valence-electron chi connectivity index (χ0n) is 11.5. The largest absolute Gasteiger partial charge is 0.352 e. The van der Waals surface area contributed by atoms with E-state index in [1.54, 1.807) is 0 Å². The van der Waals surface area contributed by atoms with Crippen molar-refractivity contribution < 1.29 is 9.72 Å². The highest BCUT2D eigenvalue weighted by atomic mass is 32.2. The van der Waals surface area contributed by atoms with Crippen molar-refractivity contribution >= 4 is 29.0 Å². The van der Waals surface area contributed by atoms with Crippen molar-refractivity contribution in [3.05, 3.63) is 33.9 Å². The number of nitro benzene ring substituents is 1. The second-order valence-electron chi connectivity index (χ2n) is 4.87. The maximum atomic E-state index is 12.2. The van der Waals surface area contributed by atoms with Crippen molar-refractivity contribution in [2.45, 2.75) is 12.8 Å². The normalized spacial score (nSPS) is 15.5. The number of hydrogen-bond acceptors (Lipinski definition) is 6. The molecule has 0 unspecified atom stereocenters. The molecule has 1 aromatic rings. The number of nitrogens with one attached hydrogen (secondary N) is 2. The molecule has 4 N–H and O–H groups in total. The first-order valence-electron chi connectivity index (χ1n) is 6.73. The Morgan fingerprint density at radius 3 is 2.76 bits per heavy atom. The number of anilines is 1. The van der Waals surface area contributed by atoms with Crippen LogP contribution in [0.5, 0.6) is 0 Å². The van der Waals surface area contributed by atoms with Crippen LogP contribution >= 0.6 is 11.8 Å². The molecule has 1 aromatic carbocycles. The third-order valence-electron chi connectivity index (χ3n) is 3.52. The molecule has 0 atom stereocenters. The van der Waals surface area contributed by atoms with Crippen LogP contribution in [0.2, 0.25) is 0 Å². The predicted molar refractivity (Wildman–Crippen MR) is 83.3 cm³/mol. The van der Waals surface area contributed by atoms with Gasteiger partial charge < -0.3 is 10.7 Å². The van der Waals surface area contributed by atoms with E-state index in [1.165, 1.54) is 18.2 Å². The van der Waals surface area contributed by atoms with Crippen LogP contribution < -0.4 is 16.6 Å². The van der Waals surface area contributed by atoms with Gasteiger partial charge in [0.1, 0.15) is 5.69 Å². The zero-order valence-corrected chi connectivity index (χ0v) is 12.3. The number of thioether (sulfide) groups is 1. The molecule has 1 saturated heterocycles. The maximum absolute atomic E-state index is 12.2. The number of rotatable bonds is 5. The first-order valence-corrected chi connectivity index (χ1v) is 7.89. The number of nitrogen functional groups attached to an aromatic ring is 1. The van der Waals surface area contributed by atoms with Gasteiger partial charge in [-0.05, 0) is 36.3 Å². The summed E-state index contributed by atoms with van der Waals surface area (Å²) in [5.41, 5.74) is 2.28. The Bertz CT molecular complexity index is 532. The van der Waals surface area contributed by atoms with E-state index in [0.29, 0.717) is 12.5 Å². The summed E-state index contributed by atoms with van der Waals surface area (Å²) in [6.07, 6.45) is 2.17. The molecule has 8 heteroatoms. The van der Waals surface area contributed by atoms with E-state index in [0.717, 1.165) is 24.3 Å². The van der Waals surface area contributed by atoms with Crippen LogP contribution in [0.15, 0.2) is 18.2 Å². The van der Waals surface area contributed by atoms with Gasteiger partial charge in [-0.2, -0.15) is 11.8 Å². The topological polar surface area (TPSA) is 110 Å². The highest BCUT2D eigenvalue weighted by molar-refractivity contribution is 7.99. The molecule has 1 amide bonds. The molecule has 2 rings (SSSR count). The van der Waals surface area contributed by atoms with E-state index in [1.807, 2.05) is 11.8 Å². The van der Waals surface area contributed by atoms with Crippen molar-refractivity contribution in [1.82, 2.24) is 5.32 Å². The summed E-state index contributed by atoms with van der Waals surface area (Å²) in [6.45, 7) is 0.589. The minimum atomic E-state index is -0.565. The molecular formula is C13H18N4O3S. The lowest BCUT2D eigenvalue weighted by molar-refractivity contribution is -0.384. The fourth-order valence-electron chi connectivity index (χ4n) is 2.32. The van der Waals surface area contributed by atoms with Crippen molar-refractivity contribution in [1.29, 1.82) is 0 Å². The molecule has 21 heavy (non-hydrogen) atoms. The van der Waals surface area contributed by atoms with E-state index in [4.69, 9.17) is 5.84 Å². The second kappa shape index (κ2) is 7.28. The van der Waals surface area contributed by atoms with Gasteiger partial charge in [0.15, 0.2) is 0 Å². The molecule has 0 bridgehead atoms. The second-order valence-corrected chi connectivity index (χ2v) is 6.09. The van der Waals surface area contributed by atoms with Gasteiger partial charge in [-0.15, -0.1) is 0 Å². The number of carbonyl (C=O) groups is 1. The van der Waals surface area contributed by atoms with Crippen LogP contribution in [0.4, 0.5) is 11.4 Å². The quantitative estimate of drug-likeness (QED) is 0.434. The molecular weight excluding hydrogens is 292 g/mol. The molecule has 7 nitrogen and oxygen atoms in total. The molecule has 0 radical (unpaired) electrons. The average molecular weight is 310 g/mol. The van der Waals surface area contributed by atoms with Gasteiger partial charge in [-0.1, -0.05) is 6.07 Å². The van der Waals surface area contributed by atoms with Crippen LogP contribution in [0.25, 0.3) is 0 Å². The number of nitrogens with zero attached hydrogens (tertiary/aromatic N) is 1. The standard InChI is InChI=1S/C13H18N4O3S/c14-16-12-10(2-1-3-11(12)17(19)20)13(18)15-8-9-4-6-21-7-5-9/h1-3,9,16H,4-8,14H2,(H,15,18). The molecule has 0 aliphatic carbocycles. The number of nitrogens with two attached hydrogens (primary N) is 1. The Morgan fingerprint density at radius 2 is 2.14 bits per heavy atom. The smallest absolute Gasteiger partial charge is 0.294 e. The molecule has 1 heterocycles. The summed E-state index contributed by atoms with van der Waals surface area (Å²) in [4.78, 5) is 22.6. The summed E-state index contributed by atoms with van der Waals surface area (Å²) in [5.74, 6) is 7.70. The lowest BCUT2D eigenvalue weighted by atomic mass is 10.0. The SMILES string of the molecule is NNc1c(C(=O)NCC2CCSCC2)cccc1[N+](=O)[O-]. The number of carbonyl (C=O) groups excluding carboxylic acids is 1. The van der Waals surface area contributed by atoms with Gasteiger partial charge in [0.05, 0.1) is 10.5 Å². The number of benzene rings is 1. The average Bonchev–Trinajstić information content (AvgIpc) is 2.52. The molecule has 0 spiro atoms. The van der Waals surface area contributed by atoms with Crippen molar-refractivity contribution in [3.63, 3.8) is 0 Å². The third kappa shape index (κ3) is 3.85. The Hall–Kier alpha value is -1.80. The number of hydrazine groups is 1. The van der Waals surface area contributed by atoms with Crippen molar-refractivity contribution in [2.24, 2.45) is 11.8 Å². The van der Waals surface area contributed by atoms with Gasteiger partial charge >= 0.3 is 0 Å². The number of para-hydroxylation sites is 1. The lowest BCUT2D eigenvalue weighted by Gasteiger charge is -2.21. The molecule has 1 aliphatic rings. The van der Waals surface area contributed by atoms with Gasteiger partial charge in [-0.3, -0.25) is 20.8 Å². The third-order valence-corrected chi connectivity index (χ3v) is 4.57. The number of hydrogen-bond donors (Lipinski definition) is 3. The summed E-state index contributed by atoms with van der Waals surface area (Å²) < 4.78 is 0. The lowest BCUT2D eigenvalue weighted by Crippen LogP contribution is -2.31. The Labute approximate surface area is 126 Å². The van der Waals surface area contributed by atoms with Crippen LogP contribution in [0.3, 0.4) is 0 Å².